The van der Waals surface area contributed by atoms with E-state index in [1.807, 2.05) is 0 Å². The minimum atomic E-state index is 0.176. The van der Waals surface area contributed by atoms with Crippen molar-refractivity contribution in [2.45, 2.75) is 0 Å². The van der Waals surface area contributed by atoms with Gasteiger partial charge in [0.2, 0.25) is 6.20 Å². The molecule has 3 heteroatoms. The van der Waals surface area contributed by atoms with Gasteiger partial charge in [-0.1, -0.05) is 4.68 Å². The molecule has 0 unspecified atom stereocenters. The van der Waals surface area contributed by atoms with Crippen LogP contribution < -0.4 is 10.5 Å². The van der Waals surface area contributed by atoms with Crippen LogP contribution in [-0.2, 0) is 0 Å². The van der Waals surface area contributed by atoms with Gasteiger partial charge in [0.25, 0.3) is 0 Å². The van der Waals surface area contributed by atoms with Crippen molar-refractivity contribution < 1.29 is 9.78 Å². The van der Waals surface area contributed by atoms with Crippen LogP contribution >= 0.6 is 0 Å². The highest BCUT2D eigenvalue weighted by atomic mass is 16.3. The van der Waals surface area contributed by atoms with E-state index in [1.54, 1.807) is 18.3 Å². The van der Waals surface area contributed by atoms with Crippen LogP contribution in [0.4, 0.5) is 0 Å². The Balaban J connectivity index is 3.08. The highest BCUT2D eigenvalue weighted by molar-refractivity contribution is 5.09. The first-order chi connectivity index (χ1) is 3.79. The number of aromatic hydroxyl groups is 1. The quantitative estimate of drug-likeness (QED) is 0.346. The van der Waals surface area contributed by atoms with Crippen LogP contribution in [0.2, 0.25) is 0 Å². The number of aromatic nitrogens is 1. The molecule has 0 aliphatic heterocycles. The molecule has 1 heterocycles. The zero-order valence-electron chi connectivity index (χ0n) is 4.28. The summed E-state index contributed by atoms with van der Waals surface area (Å²) in [6.07, 6.45) is 3.06. The molecule has 0 bridgehead atoms. The number of rotatable bonds is 0. The predicted octanol–water partition coefficient (Wildman–Crippen LogP) is -0.607. The third kappa shape index (κ3) is 0.872. The van der Waals surface area contributed by atoms with Crippen LogP contribution in [0.1, 0.15) is 0 Å². The van der Waals surface area contributed by atoms with E-state index in [9.17, 15) is 0 Å². The first kappa shape index (κ1) is 4.90. The standard InChI is InChI=1S/C5H6N2O/c6-7-3-1-2-5(8)4-7/h1-4H,6H2/p+1. The summed E-state index contributed by atoms with van der Waals surface area (Å²) in [5.74, 6) is 5.39. The molecule has 0 fully saturated rings. The van der Waals surface area contributed by atoms with Gasteiger partial charge in [0.1, 0.15) is 0 Å². The van der Waals surface area contributed by atoms with Crippen LogP contribution in [0.3, 0.4) is 0 Å². The van der Waals surface area contributed by atoms with E-state index in [2.05, 4.69) is 0 Å². The fraction of sp³-hybridized carbons (Fsp3) is 0. The number of hydrogen-bond acceptors (Lipinski definition) is 2. The summed E-state index contributed by atoms with van der Waals surface area (Å²) in [6.45, 7) is 0. The van der Waals surface area contributed by atoms with Crippen LogP contribution in [-0.4, -0.2) is 5.11 Å². The number of nitrogens with two attached hydrogens (primary N) is 1. The number of nitrogen functional groups attached to an aromatic ring is 1. The van der Waals surface area contributed by atoms with E-state index in [0.717, 1.165) is 0 Å². The van der Waals surface area contributed by atoms with Gasteiger partial charge >= 0.3 is 0 Å². The highest BCUT2D eigenvalue weighted by Gasteiger charge is 1.91. The summed E-state index contributed by atoms with van der Waals surface area (Å²) in [5.41, 5.74) is 0. The second-order valence-corrected chi connectivity index (χ2v) is 1.51. The largest absolute Gasteiger partial charge is 0.503 e. The predicted molar refractivity (Wildman–Crippen MR) is 28.5 cm³/mol. The van der Waals surface area contributed by atoms with E-state index in [-0.39, 0.29) is 5.75 Å². The van der Waals surface area contributed by atoms with Crippen molar-refractivity contribution in [3.05, 3.63) is 24.5 Å². The minimum Gasteiger partial charge on any atom is -0.503 e. The Morgan fingerprint density at radius 2 is 2.38 bits per heavy atom. The third-order valence-electron chi connectivity index (χ3n) is 0.807. The Labute approximate surface area is 47.0 Å². The second-order valence-electron chi connectivity index (χ2n) is 1.51. The SMILES string of the molecule is N[n+]1cccc(O)c1. The molecule has 1 rings (SSSR count). The average Bonchev–Trinajstić information content (AvgIpc) is 1.64. The first-order valence-corrected chi connectivity index (χ1v) is 2.24. The maximum Gasteiger partial charge on any atom is 0.240 e. The van der Waals surface area contributed by atoms with E-state index in [4.69, 9.17) is 10.9 Å². The van der Waals surface area contributed by atoms with Crippen molar-refractivity contribution >= 4 is 0 Å². The molecule has 0 saturated carbocycles. The van der Waals surface area contributed by atoms with E-state index in [1.165, 1.54) is 10.9 Å². The lowest BCUT2D eigenvalue weighted by molar-refractivity contribution is -0.639. The molecule has 3 N–H and O–H groups in total. The van der Waals surface area contributed by atoms with Gasteiger partial charge in [-0.2, -0.15) is 0 Å². The summed E-state index contributed by atoms with van der Waals surface area (Å²) in [6, 6.07) is 3.22. The van der Waals surface area contributed by atoms with Gasteiger partial charge in [0.15, 0.2) is 11.9 Å². The van der Waals surface area contributed by atoms with Gasteiger partial charge in [-0.15, -0.1) is 0 Å². The molecule has 42 valence electrons. The van der Waals surface area contributed by atoms with Gasteiger partial charge in [0, 0.05) is 6.07 Å². The summed E-state index contributed by atoms with van der Waals surface area (Å²) in [4.78, 5) is 0. The van der Waals surface area contributed by atoms with Crippen LogP contribution in [0.15, 0.2) is 24.5 Å². The van der Waals surface area contributed by atoms with Crippen molar-refractivity contribution in [3.8, 4) is 5.75 Å². The summed E-state index contributed by atoms with van der Waals surface area (Å²) in [7, 11) is 0. The summed E-state index contributed by atoms with van der Waals surface area (Å²) >= 11 is 0. The molecule has 3 nitrogen and oxygen atoms in total. The number of pyridine rings is 1. The van der Waals surface area contributed by atoms with Crippen molar-refractivity contribution in [1.82, 2.24) is 0 Å². The van der Waals surface area contributed by atoms with Gasteiger partial charge < -0.3 is 5.11 Å². The van der Waals surface area contributed by atoms with Gasteiger partial charge in [0.05, 0.1) is 0 Å². The fourth-order valence-electron chi connectivity index (χ4n) is 0.480. The minimum absolute atomic E-state index is 0.176. The first-order valence-electron chi connectivity index (χ1n) is 2.24. The maximum atomic E-state index is 8.71. The van der Waals surface area contributed by atoms with Crippen molar-refractivity contribution in [3.63, 3.8) is 0 Å². The van der Waals surface area contributed by atoms with E-state index >= 15 is 0 Å². The second kappa shape index (κ2) is 1.69. The molecule has 1 aromatic heterocycles. The summed E-state index contributed by atoms with van der Waals surface area (Å²) < 4.78 is 1.29. The number of hydrogen-bond donors (Lipinski definition) is 2. The van der Waals surface area contributed by atoms with E-state index < -0.39 is 0 Å². The monoisotopic (exact) mass is 111 g/mol. The van der Waals surface area contributed by atoms with Gasteiger partial charge in [-0.3, -0.25) is 0 Å². The maximum absolute atomic E-state index is 8.71. The highest BCUT2D eigenvalue weighted by Crippen LogP contribution is 1.98. The Bertz CT molecular complexity index is 170. The topological polar surface area (TPSA) is 50.1 Å². The van der Waals surface area contributed by atoms with Crippen LogP contribution in [0.5, 0.6) is 5.75 Å². The van der Waals surface area contributed by atoms with Crippen molar-refractivity contribution in [2.24, 2.45) is 0 Å². The molecular weight excluding hydrogens is 104 g/mol. The van der Waals surface area contributed by atoms with Crippen LogP contribution in [0.25, 0.3) is 0 Å². The normalized spacial score (nSPS) is 9.00. The Morgan fingerprint density at radius 3 is 2.75 bits per heavy atom. The van der Waals surface area contributed by atoms with Gasteiger partial charge in [-0.25, -0.2) is 5.84 Å². The molecular formula is C5H7N2O+. The molecule has 0 amide bonds. The molecule has 0 atom stereocenters. The lowest BCUT2D eigenvalue weighted by Gasteiger charge is -1.83. The molecule has 0 radical (unpaired) electrons. The molecule has 0 aliphatic carbocycles. The van der Waals surface area contributed by atoms with Crippen molar-refractivity contribution in [2.75, 3.05) is 5.84 Å². The van der Waals surface area contributed by atoms with E-state index in [0.29, 0.717) is 0 Å². The Hall–Kier alpha value is -1.25. The average molecular weight is 111 g/mol. The fourth-order valence-corrected chi connectivity index (χ4v) is 0.480. The molecule has 0 spiro atoms. The third-order valence-corrected chi connectivity index (χ3v) is 0.807. The molecule has 0 saturated heterocycles. The zero-order valence-corrected chi connectivity index (χ0v) is 4.28. The zero-order chi connectivity index (χ0) is 5.98. The number of nitrogens with zero attached hydrogens (tertiary/aromatic N) is 1. The Kier molecular flexibility index (Phi) is 1.04. The lowest BCUT2D eigenvalue weighted by Crippen LogP contribution is -2.42. The molecule has 8 heavy (non-hydrogen) atoms. The molecule has 0 aliphatic rings. The van der Waals surface area contributed by atoms with Crippen LogP contribution in [0, 0.1) is 0 Å². The summed E-state index contributed by atoms with van der Waals surface area (Å²) in [5, 5.41) is 8.71. The molecule has 1 aromatic rings. The van der Waals surface area contributed by atoms with Gasteiger partial charge in [-0.05, 0) is 6.07 Å². The Morgan fingerprint density at radius 1 is 1.62 bits per heavy atom. The lowest BCUT2D eigenvalue weighted by atomic mass is 10.5. The smallest absolute Gasteiger partial charge is 0.240 e. The van der Waals surface area contributed by atoms with Crippen molar-refractivity contribution in [1.29, 1.82) is 0 Å². The molecule has 0 aromatic carbocycles.